The van der Waals surface area contributed by atoms with E-state index in [9.17, 15) is 22.8 Å². The Kier molecular flexibility index (Phi) is 5.21. The number of nitrogens with zero attached hydrogens (tertiary/aromatic N) is 1. The predicted octanol–water partition coefficient (Wildman–Crippen LogP) is 4.00. The third kappa shape index (κ3) is 4.30. The Bertz CT molecular complexity index is 864. The molecule has 1 heterocycles. The van der Waals surface area contributed by atoms with Crippen molar-refractivity contribution in [2.24, 2.45) is 5.92 Å². The van der Waals surface area contributed by atoms with Crippen molar-refractivity contribution in [3.05, 3.63) is 65.2 Å². The number of nitrogens with one attached hydrogen (secondary N) is 1. The number of amides is 2. The molecule has 0 radical (unpaired) electrons. The van der Waals surface area contributed by atoms with Gasteiger partial charge in [-0.25, -0.2) is 0 Å². The average Bonchev–Trinajstić information content (AvgIpc) is 2.97. The molecule has 142 valence electrons. The molecule has 0 aliphatic carbocycles. The average molecular weight is 376 g/mol. The summed E-state index contributed by atoms with van der Waals surface area (Å²) in [6.45, 7) is 2.51. The molecule has 1 fully saturated rings. The lowest BCUT2D eigenvalue weighted by atomic mass is 10.1. The number of rotatable bonds is 4. The standard InChI is InChI=1S/C20H19F3N2O2/c1-13-6-2-3-7-14(13)11-25-12-15(10-18(25)26)19(27)24-17-9-5-4-8-16(17)20(21,22)23/h2-9,15H,10-12H2,1H3,(H,24,27). The smallest absolute Gasteiger partial charge is 0.338 e. The highest BCUT2D eigenvalue weighted by Gasteiger charge is 2.37. The van der Waals surface area contributed by atoms with Crippen molar-refractivity contribution >= 4 is 17.5 Å². The molecule has 1 unspecified atom stereocenters. The first kappa shape index (κ1) is 18.9. The van der Waals surface area contributed by atoms with Crippen LogP contribution in [0.3, 0.4) is 0 Å². The quantitative estimate of drug-likeness (QED) is 0.877. The highest BCUT2D eigenvalue weighted by Crippen LogP contribution is 2.35. The summed E-state index contributed by atoms with van der Waals surface area (Å²) >= 11 is 0. The van der Waals surface area contributed by atoms with Gasteiger partial charge in [-0.2, -0.15) is 13.2 Å². The van der Waals surface area contributed by atoms with Crippen LogP contribution in [0.4, 0.5) is 18.9 Å². The van der Waals surface area contributed by atoms with Gasteiger partial charge in [0.15, 0.2) is 0 Å². The Hall–Kier alpha value is -2.83. The summed E-state index contributed by atoms with van der Waals surface area (Å²) in [6, 6.07) is 12.4. The molecule has 1 aliphatic rings. The van der Waals surface area contributed by atoms with E-state index in [1.807, 2.05) is 31.2 Å². The second-order valence-corrected chi connectivity index (χ2v) is 6.63. The largest absolute Gasteiger partial charge is 0.418 e. The molecule has 0 bridgehead atoms. The molecular formula is C20H19F3N2O2. The second kappa shape index (κ2) is 7.42. The first-order valence-electron chi connectivity index (χ1n) is 8.55. The molecule has 1 N–H and O–H groups in total. The monoisotopic (exact) mass is 376 g/mol. The Morgan fingerprint density at radius 3 is 2.52 bits per heavy atom. The van der Waals surface area contributed by atoms with E-state index in [2.05, 4.69) is 5.32 Å². The maximum Gasteiger partial charge on any atom is 0.418 e. The van der Waals surface area contributed by atoms with Crippen molar-refractivity contribution in [2.75, 3.05) is 11.9 Å². The van der Waals surface area contributed by atoms with Crippen molar-refractivity contribution < 1.29 is 22.8 Å². The fraction of sp³-hybridized carbons (Fsp3) is 0.300. The lowest BCUT2D eigenvalue weighted by Gasteiger charge is -2.18. The summed E-state index contributed by atoms with van der Waals surface area (Å²) in [5.74, 6) is -1.43. The summed E-state index contributed by atoms with van der Waals surface area (Å²) < 4.78 is 39.2. The molecule has 0 saturated carbocycles. The van der Waals surface area contributed by atoms with E-state index < -0.39 is 23.6 Å². The van der Waals surface area contributed by atoms with Gasteiger partial charge in [-0.1, -0.05) is 36.4 Å². The van der Waals surface area contributed by atoms with Gasteiger partial charge in [0, 0.05) is 19.5 Å². The maximum absolute atomic E-state index is 13.1. The zero-order valence-electron chi connectivity index (χ0n) is 14.7. The van der Waals surface area contributed by atoms with Crippen molar-refractivity contribution in [1.29, 1.82) is 0 Å². The molecule has 0 aromatic heterocycles. The van der Waals surface area contributed by atoms with Gasteiger partial charge in [0.2, 0.25) is 11.8 Å². The molecule has 2 amide bonds. The number of para-hydroxylation sites is 1. The number of carbonyl (C=O) groups excluding carboxylic acids is 2. The molecule has 27 heavy (non-hydrogen) atoms. The molecular weight excluding hydrogens is 357 g/mol. The van der Waals surface area contributed by atoms with Crippen LogP contribution in [-0.4, -0.2) is 23.3 Å². The van der Waals surface area contributed by atoms with E-state index in [4.69, 9.17) is 0 Å². The van der Waals surface area contributed by atoms with Gasteiger partial charge in [0.25, 0.3) is 0 Å². The number of carbonyl (C=O) groups is 2. The van der Waals surface area contributed by atoms with E-state index in [1.54, 1.807) is 4.90 Å². The van der Waals surface area contributed by atoms with Crippen LogP contribution in [0.1, 0.15) is 23.1 Å². The minimum Gasteiger partial charge on any atom is -0.338 e. The highest BCUT2D eigenvalue weighted by atomic mass is 19.4. The summed E-state index contributed by atoms with van der Waals surface area (Å²) in [7, 11) is 0. The zero-order valence-corrected chi connectivity index (χ0v) is 14.7. The van der Waals surface area contributed by atoms with Crippen molar-refractivity contribution in [3.8, 4) is 0 Å². The van der Waals surface area contributed by atoms with Gasteiger partial charge in [0.05, 0.1) is 17.2 Å². The number of halogens is 3. The van der Waals surface area contributed by atoms with Crippen molar-refractivity contribution in [3.63, 3.8) is 0 Å². The number of hydrogen-bond acceptors (Lipinski definition) is 2. The first-order chi connectivity index (χ1) is 12.8. The van der Waals surface area contributed by atoms with Crippen LogP contribution in [0.25, 0.3) is 0 Å². The number of aryl methyl sites for hydroxylation is 1. The van der Waals surface area contributed by atoms with Gasteiger partial charge in [-0.05, 0) is 30.2 Å². The van der Waals surface area contributed by atoms with Gasteiger partial charge < -0.3 is 10.2 Å². The number of alkyl halides is 3. The van der Waals surface area contributed by atoms with Gasteiger partial charge >= 0.3 is 6.18 Å². The molecule has 1 atom stereocenters. The molecule has 3 rings (SSSR count). The molecule has 1 aliphatic heterocycles. The Morgan fingerprint density at radius 1 is 1.15 bits per heavy atom. The van der Waals surface area contributed by atoms with Crippen LogP contribution in [-0.2, 0) is 22.3 Å². The number of anilines is 1. The van der Waals surface area contributed by atoms with Gasteiger partial charge in [-0.15, -0.1) is 0 Å². The summed E-state index contributed by atoms with van der Waals surface area (Å²) in [5.41, 5.74) is 0.825. The minimum absolute atomic E-state index is 0.00804. The van der Waals surface area contributed by atoms with E-state index >= 15 is 0 Å². The minimum atomic E-state index is -4.56. The number of likely N-dealkylation sites (tertiary alicyclic amines) is 1. The van der Waals surface area contributed by atoms with Crippen LogP contribution >= 0.6 is 0 Å². The second-order valence-electron chi connectivity index (χ2n) is 6.63. The van der Waals surface area contributed by atoms with E-state index in [1.165, 1.54) is 18.2 Å². The fourth-order valence-corrected chi connectivity index (χ4v) is 3.17. The van der Waals surface area contributed by atoms with Gasteiger partial charge in [0.1, 0.15) is 0 Å². The third-order valence-corrected chi connectivity index (χ3v) is 4.70. The summed E-state index contributed by atoms with van der Waals surface area (Å²) in [6.07, 6.45) is -4.57. The van der Waals surface area contributed by atoms with Crippen LogP contribution in [0.15, 0.2) is 48.5 Å². The molecule has 1 saturated heterocycles. The Balaban J connectivity index is 1.69. The van der Waals surface area contributed by atoms with Crippen LogP contribution in [0, 0.1) is 12.8 Å². The molecule has 7 heteroatoms. The Labute approximate surface area is 155 Å². The Morgan fingerprint density at radius 2 is 1.81 bits per heavy atom. The molecule has 4 nitrogen and oxygen atoms in total. The highest BCUT2D eigenvalue weighted by molar-refractivity contribution is 5.97. The predicted molar refractivity (Wildman–Crippen MR) is 94.8 cm³/mol. The zero-order chi connectivity index (χ0) is 19.6. The van der Waals surface area contributed by atoms with E-state index in [0.717, 1.165) is 17.2 Å². The lowest BCUT2D eigenvalue weighted by molar-refractivity contribution is -0.137. The lowest BCUT2D eigenvalue weighted by Crippen LogP contribution is -2.28. The SMILES string of the molecule is Cc1ccccc1CN1CC(C(=O)Nc2ccccc2C(F)(F)F)CC1=O. The van der Waals surface area contributed by atoms with E-state index in [0.29, 0.717) is 6.54 Å². The van der Waals surface area contributed by atoms with Crippen LogP contribution in [0.2, 0.25) is 0 Å². The summed E-state index contributed by atoms with van der Waals surface area (Å²) in [5, 5.41) is 2.34. The van der Waals surface area contributed by atoms with Crippen molar-refractivity contribution in [2.45, 2.75) is 26.1 Å². The third-order valence-electron chi connectivity index (χ3n) is 4.70. The fourth-order valence-electron chi connectivity index (χ4n) is 3.17. The van der Waals surface area contributed by atoms with E-state index in [-0.39, 0.29) is 24.6 Å². The molecule has 0 spiro atoms. The summed E-state index contributed by atoms with van der Waals surface area (Å²) in [4.78, 5) is 26.3. The van der Waals surface area contributed by atoms with Crippen molar-refractivity contribution in [1.82, 2.24) is 4.90 Å². The first-order valence-corrected chi connectivity index (χ1v) is 8.55. The van der Waals surface area contributed by atoms with Crippen LogP contribution < -0.4 is 5.32 Å². The normalized spacial score (nSPS) is 17.3. The number of benzene rings is 2. The molecule has 2 aromatic carbocycles. The number of hydrogen-bond donors (Lipinski definition) is 1. The topological polar surface area (TPSA) is 49.4 Å². The molecule has 2 aromatic rings. The van der Waals surface area contributed by atoms with Gasteiger partial charge in [-0.3, -0.25) is 9.59 Å². The maximum atomic E-state index is 13.1. The van der Waals surface area contributed by atoms with Crippen LogP contribution in [0.5, 0.6) is 0 Å².